The zero-order valence-corrected chi connectivity index (χ0v) is 9.99. The Labute approximate surface area is 107 Å². The summed E-state index contributed by atoms with van der Waals surface area (Å²) >= 11 is 0. The Bertz CT molecular complexity index is 463. The molecule has 8 heteroatoms. The van der Waals surface area contributed by atoms with Crippen molar-refractivity contribution in [3.05, 3.63) is 23.8 Å². The van der Waals surface area contributed by atoms with Gasteiger partial charge in [-0.15, -0.1) is 0 Å². The third kappa shape index (κ3) is 4.02. The molecule has 0 aliphatic carbocycles. The van der Waals surface area contributed by atoms with Crippen LogP contribution in [0, 0.1) is 0 Å². The van der Waals surface area contributed by atoms with Crippen molar-refractivity contribution >= 4 is 11.6 Å². The summed E-state index contributed by atoms with van der Waals surface area (Å²) in [5.41, 5.74) is 5.61. The zero-order valence-electron chi connectivity index (χ0n) is 9.99. The molecule has 0 heterocycles. The van der Waals surface area contributed by atoms with Crippen LogP contribution < -0.4 is 15.8 Å². The van der Waals surface area contributed by atoms with Gasteiger partial charge in [0.1, 0.15) is 5.75 Å². The van der Waals surface area contributed by atoms with E-state index in [1.165, 1.54) is 25.3 Å². The molecule has 0 saturated carbocycles. The van der Waals surface area contributed by atoms with Crippen LogP contribution in [0.1, 0.15) is 10.4 Å². The second kappa shape index (κ2) is 5.79. The first-order valence-electron chi connectivity index (χ1n) is 5.22. The summed E-state index contributed by atoms with van der Waals surface area (Å²) in [5.74, 6) is -0.476. The van der Waals surface area contributed by atoms with E-state index in [9.17, 15) is 18.0 Å². The lowest BCUT2D eigenvalue weighted by Gasteiger charge is -2.15. The molecular weight excluding hydrogens is 265 g/mol. The van der Waals surface area contributed by atoms with Gasteiger partial charge < -0.3 is 20.9 Å². The molecule has 0 bridgehead atoms. The Morgan fingerprint density at radius 1 is 1.53 bits per heavy atom. The van der Waals surface area contributed by atoms with Gasteiger partial charge >= 0.3 is 6.18 Å². The summed E-state index contributed by atoms with van der Waals surface area (Å²) in [6.07, 6.45) is -7.41. The molecule has 0 saturated heterocycles. The number of ether oxygens (including phenoxy) is 1. The summed E-state index contributed by atoms with van der Waals surface area (Å²) in [4.78, 5) is 11.6. The molecular formula is C11H13F3N2O3. The zero-order chi connectivity index (χ0) is 14.6. The number of methoxy groups -OCH3 is 1. The number of nitrogen functional groups attached to an aromatic ring is 1. The first-order valence-corrected chi connectivity index (χ1v) is 5.22. The minimum Gasteiger partial charge on any atom is -0.497 e. The number of anilines is 1. The highest BCUT2D eigenvalue weighted by Gasteiger charge is 2.38. The quantitative estimate of drug-likeness (QED) is 0.715. The van der Waals surface area contributed by atoms with Crippen molar-refractivity contribution in [1.29, 1.82) is 0 Å². The van der Waals surface area contributed by atoms with Crippen LogP contribution in [0.3, 0.4) is 0 Å². The molecule has 1 unspecified atom stereocenters. The summed E-state index contributed by atoms with van der Waals surface area (Å²) in [7, 11) is 1.38. The van der Waals surface area contributed by atoms with Crippen molar-refractivity contribution in [3.63, 3.8) is 0 Å². The third-order valence-electron chi connectivity index (χ3n) is 2.34. The normalized spacial score (nSPS) is 12.9. The number of hydrogen-bond donors (Lipinski definition) is 3. The maximum atomic E-state index is 12.1. The van der Waals surface area contributed by atoms with Gasteiger partial charge in [-0.05, 0) is 18.2 Å². The second-order valence-corrected chi connectivity index (χ2v) is 3.72. The van der Waals surface area contributed by atoms with Gasteiger partial charge in [0.05, 0.1) is 19.2 Å². The monoisotopic (exact) mass is 278 g/mol. The van der Waals surface area contributed by atoms with Crippen LogP contribution in [0.25, 0.3) is 0 Å². The number of carbonyl (C=O) groups excluding carboxylic acids is 1. The van der Waals surface area contributed by atoms with E-state index in [2.05, 4.69) is 0 Å². The van der Waals surface area contributed by atoms with Crippen molar-refractivity contribution in [3.8, 4) is 5.75 Å². The van der Waals surface area contributed by atoms with Gasteiger partial charge in [-0.1, -0.05) is 0 Å². The van der Waals surface area contributed by atoms with Crippen LogP contribution in [0.2, 0.25) is 0 Å². The number of amides is 1. The molecule has 1 atom stereocenters. The van der Waals surface area contributed by atoms with Crippen molar-refractivity contribution in [2.45, 2.75) is 12.3 Å². The van der Waals surface area contributed by atoms with E-state index in [0.717, 1.165) is 0 Å². The van der Waals surface area contributed by atoms with Crippen LogP contribution >= 0.6 is 0 Å². The Balaban J connectivity index is 2.74. The van der Waals surface area contributed by atoms with Crippen molar-refractivity contribution in [2.24, 2.45) is 0 Å². The minimum atomic E-state index is -4.78. The van der Waals surface area contributed by atoms with E-state index < -0.39 is 24.7 Å². The maximum Gasteiger partial charge on any atom is 0.416 e. The number of benzene rings is 1. The van der Waals surface area contributed by atoms with Gasteiger partial charge in [0.25, 0.3) is 5.91 Å². The number of nitrogens with two attached hydrogens (primary N) is 1. The Morgan fingerprint density at radius 3 is 2.68 bits per heavy atom. The van der Waals surface area contributed by atoms with E-state index in [1.54, 1.807) is 0 Å². The molecule has 0 aliphatic rings. The Morgan fingerprint density at radius 2 is 2.16 bits per heavy atom. The molecule has 1 rings (SSSR count). The highest BCUT2D eigenvalue weighted by Crippen LogP contribution is 2.21. The summed E-state index contributed by atoms with van der Waals surface area (Å²) in [5, 5.41) is 10.7. The predicted octanol–water partition coefficient (Wildman–Crippen LogP) is 0.930. The predicted molar refractivity (Wildman–Crippen MR) is 61.8 cm³/mol. The van der Waals surface area contributed by atoms with E-state index in [0.29, 0.717) is 5.75 Å². The standard InChI is InChI=1S/C11H13F3N2O3/c1-19-6-2-3-8(15)7(4-6)10(18)16-5-9(17)11(12,13)14/h2-4,9,17H,5,15H2,1H3,(H,16,18). The molecule has 106 valence electrons. The SMILES string of the molecule is COc1ccc(N)c(C(=O)NCC(O)C(F)(F)F)c1. The molecule has 0 aliphatic heterocycles. The number of rotatable bonds is 4. The summed E-state index contributed by atoms with van der Waals surface area (Å²) < 4.78 is 41.0. The third-order valence-corrected chi connectivity index (χ3v) is 2.34. The fourth-order valence-electron chi connectivity index (χ4n) is 1.26. The number of alkyl halides is 3. The highest BCUT2D eigenvalue weighted by atomic mass is 19.4. The minimum absolute atomic E-state index is 0.0197. The fraction of sp³-hybridized carbons (Fsp3) is 0.364. The molecule has 1 amide bonds. The number of halogens is 3. The molecule has 0 aromatic heterocycles. The number of aliphatic hydroxyl groups excluding tert-OH is 1. The maximum absolute atomic E-state index is 12.1. The van der Waals surface area contributed by atoms with E-state index in [1.807, 2.05) is 5.32 Å². The molecule has 0 spiro atoms. The number of hydrogen-bond acceptors (Lipinski definition) is 4. The molecule has 19 heavy (non-hydrogen) atoms. The molecule has 0 radical (unpaired) electrons. The Hall–Kier alpha value is -1.96. The molecule has 0 fully saturated rings. The smallest absolute Gasteiger partial charge is 0.416 e. The average molecular weight is 278 g/mol. The fourth-order valence-corrected chi connectivity index (χ4v) is 1.26. The van der Waals surface area contributed by atoms with E-state index >= 15 is 0 Å². The van der Waals surface area contributed by atoms with Gasteiger partial charge in [-0.2, -0.15) is 13.2 Å². The van der Waals surface area contributed by atoms with Crippen LogP contribution in [0.4, 0.5) is 18.9 Å². The summed E-state index contributed by atoms with van der Waals surface area (Å²) in [6.45, 7) is -0.945. The first-order chi connectivity index (χ1) is 8.75. The van der Waals surface area contributed by atoms with Crippen LogP contribution in [0.15, 0.2) is 18.2 Å². The summed E-state index contributed by atoms with van der Waals surface area (Å²) in [6, 6.07) is 4.20. The average Bonchev–Trinajstić information content (AvgIpc) is 2.34. The number of nitrogens with one attached hydrogen (secondary N) is 1. The van der Waals surface area contributed by atoms with Gasteiger partial charge in [0.2, 0.25) is 0 Å². The van der Waals surface area contributed by atoms with Gasteiger partial charge in [0, 0.05) is 5.69 Å². The lowest BCUT2D eigenvalue weighted by atomic mass is 10.1. The lowest BCUT2D eigenvalue weighted by molar-refractivity contribution is -0.201. The molecule has 1 aromatic rings. The van der Waals surface area contributed by atoms with Gasteiger partial charge in [-0.3, -0.25) is 4.79 Å². The molecule has 4 N–H and O–H groups in total. The second-order valence-electron chi connectivity index (χ2n) is 3.72. The van der Waals surface area contributed by atoms with Crippen molar-refractivity contribution in [2.75, 3.05) is 19.4 Å². The number of aliphatic hydroxyl groups is 1. The molecule has 1 aromatic carbocycles. The van der Waals surface area contributed by atoms with Crippen molar-refractivity contribution < 1.29 is 27.8 Å². The molecule has 5 nitrogen and oxygen atoms in total. The lowest BCUT2D eigenvalue weighted by Crippen LogP contribution is -2.40. The Kier molecular flexibility index (Phi) is 4.60. The largest absolute Gasteiger partial charge is 0.497 e. The number of carbonyl (C=O) groups is 1. The van der Waals surface area contributed by atoms with Gasteiger partial charge in [0.15, 0.2) is 6.10 Å². The highest BCUT2D eigenvalue weighted by molar-refractivity contribution is 5.99. The van der Waals surface area contributed by atoms with Gasteiger partial charge in [-0.25, -0.2) is 0 Å². The van der Waals surface area contributed by atoms with E-state index in [4.69, 9.17) is 15.6 Å². The topological polar surface area (TPSA) is 84.6 Å². The van der Waals surface area contributed by atoms with E-state index in [-0.39, 0.29) is 11.3 Å². The van der Waals surface area contributed by atoms with Crippen LogP contribution in [-0.2, 0) is 0 Å². The van der Waals surface area contributed by atoms with Crippen LogP contribution in [-0.4, -0.2) is 36.9 Å². The first kappa shape index (κ1) is 15.1. The van der Waals surface area contributed by atoms with Crippen molar-refractivity contribution in [1.82, 2.24) is 5.32 Å². The van der Waals surface area contributed by atoms with Crippen LogP contribution in [0.5, 0.6) is 5.75 Å².